The number of benzene rings is 5. The molecule has 0 bridgehead atoms. The normalized spacial score (nSPS) is 11.2. The van der Waals surface area contributed by atoms with Crippen LogP contribution in [0.15, 0.2) is 127 Å². The summed E-state index contributed by atoms with van der Waals surface area (Å²) in [6.45, 7) is 0. The van der Waals surface area contributed by atoms with Gasteiger partial charge in [-0.1, -0.05) is 78.9 Å². The molecule has 2 nitrogen and oxygen atoms in total. The van der Waals surface area contributed by atoms with Gasteiger partial charge in [-0.25, -0.2) is 0 Å². The Labute approximate surface area is 194 Å². The maximum atomic E-state index is 2.37. The van der Waals surface area contributed by atoms with Gasteiger partial charge in [0, 0.05) is 34.9 Å². The smallest absolute Gasteiger partial charge is 0.0547 e. The van der Waals surface area contributed by atoms with E-state index in [0.29, 0.717) is 0 Å². The standard InChI is InChI=1S/C31H24N2/c1-32(24-11-4-2-5-12-24)25-21-19-23(20-22-25)27-16-10-18-30-31(27)28-15-8-9-17-29(28)33(30)26-13-6-3-7-14-26/h2-22H,1H3. The molecule has 0 fully saturated rings. The van der Waals surface area contributed by atoms with E-state index in [9.17, 15) is 0 Å². The molecule has 1 aromatic heterocycles. The van der Waals surface area contributed by atoms with E-state index in [1.807, 2.05) is 6.07 Å². The lowest BCUT2D eigenvalue weighted by Crippen LogP contribution is -2.08. The Hall–Kier alpha value is -4.30. The molecule has 0 N–H and O–H groups in total. The van der Waals surface area contributed by atoms with Gasteiger partial charge in [0.15, 0.2) is 0 Å². The van der Waals surface area contributed by atoms with E-state index in [1.165, 1.54) is 50.0 Å². The molecule has 2 heteroatoms. The molecular formula is C31H24N2. The predicted molar refractivity (Wildman–Crippen MR) is 141 cm³/mol. The third-order valence-corrected chi connectivity index (χ3v) is 6.42. The number of rotatable bonds is 4. The van der Waals surface area contributed by atoms with Crippen molar-refractivity contribution >= 4 is 33.2 Å². The molecule has 0 aliphatic carbocycles. The molecule has 0 amide bonds. The third kappa shape index (κ3) is 3.28. The van der Waals surface area contributed by atoms with Crippen LogP contribution in [0.4, 0.5) is 11.4 Å². The molecule has 0 saturated carbocycles. The number of aromatic nitrogens is 1. The summed E-state index contributed by atoms with van der Waals surface area (Å²) >= 11 is 0. The zero-order valence-electron chi connectivity index (χ0n) is 18.5. The lowest BCUT2D eigenvalue weighted by atomic mass is 9.99. The second-order valence-electron chi connectivity index (χ2n) is 8.33. The molecule has 6 aromatic rings. The Morgan fingerprint density at radius 1 is 0.515 bits per heavy atom. The molecular weight excluding hydrogens is 400 g/mol. The molecule has 0 unspecified atom stereocenters. The van der Waals surface area contributed by atoms with Gasteiger partial charge in [0.2, 0.25) is 0 Å². The first kappa shape index (κ1) is 19.4. The van der Waals surface area contributed by atoms with E-state index >= 15 is 0 Å². The number of fused-ring (bicyclic) bond motifs is 3. The maximum Gasteiger partial charge on any atom is 0.0547 e. The number of nitrogens with zero attached hydrogens (tertiary/aromatic N) is 2. The quantitative estimate of drug-likeness (QED) is 0.277. The lowest BCUT2D eigenvalue weighted by molar-refractivity contribution is 1.18. The highest BCUT2D eigenvalue weighted by Crippen LogP contribution is 2.38. The van der Waals surface area contributed by atoms with Gasteiger partial charge >= 0.3 is 0 Å². The maximum absolute atomic E-state index is 2.37. The molecule has 0 aliphatic heterocycles. The Morgan fingerprint density at radius 2 is 1.12 bits per heavy atom. The van der Waals surface area contributed by atoms with Crippen LogP contribution in [-0.4, -0.2) is 11.6 Å². The van der Waals surface area contributed by atoms with Gasteiger partial charge in [-0.3, -0.25) is 0 Å². The minimum absolute atomic E-state index is 1.17. The van der Waals surface area contributed by atoms with Crippen molar-refractivity contribution < 1.29 is 0 Å². The van der Waals surface area contributed by atoms with Crippen LogP contribution >= 0.6 is 0 Å². The molecule has 1 heterocycles. The molecule has 0 saturated heterocycles. The van der Waals surface area contributed by atoms with Gasteiger partial charge in [-0.05, 0) is 59.7 Å². The van der Waals surface area contributed by atoms with Gasteiger partial charge in [0.05, 0.1) is 11.0 Å². The van der Waals surface area contributed by atoms with E-state index in [2.05, 4.69) is 138 Å². The van der Waals surface area contributed by atoms with Crippen LogP contribution in [0.25, 0.3) is 38.6 Å². The van der Waals surface area contributed by atoms with Crippen molar-refractivity contribution in [2.75, 3.05) is 11.9 Å². The first-order chi connectivity index (χ1) is 16.3. The van der Waals surface area contributed by atoms with Crippen molar-refractivity contribution in [2.24, 2.45) is 0 Å². The fraction of sp³-hybridized carbons (Fsp3) is 0.0323. The minimum atomic E-state index is 1.17. The predicted octanol–water partition coefficient (Wildman–Crippen LogP) is 8.22. The first-order valence-electron chi connectivity index (χ1n) is 11.3. The SMILES string of the molecule is CN(c1ccccc1)c1ccc(-c2cccc3c2c2ccccc2n3-c2ccccc2)cc1. The molecule has 0 aliphatic rings. The van der Waals surface area contributed by atoms with Gasteiger partial charge in [0.25, 0.3) is 0 Å². The summed E-state index contributed by atoms with van der Waals surface area (Å²) in [6, 6.07) is 45.3. The number of anilines is 2. The highest BCUT2D eigenvalue weighted by molar-refractivity contribution is 6.15. The van der Waals surface area contributed by atoms with Crippen LogP contribution in [0.5, 0.6) is 0 Å². The van der Waals surface area contributed by atoms with E-state index < -0.39 is 0 Å². The first-order valence-corrected chi connectivity index (χ1v) is 11.3. The molecule has 0 atom stereocenters. The van der Waals surface area contributed by atoms with Crippen molar-refractivity contribution in [1.82, 2.24) is 4.57 Å². The fourth-order valence-corrected chi connectivity index (χ4v) is 4.78. The van der Waals surface area contributed by atoms with Crippen molar-refractivity contribution in [2.45, 2.75) is 0 Å². The van der Waals surface area contributed by atoms with Gasteiger partial charge in [-0.2, -0.15) is 0 Å². The highest BCUT2D eigenvalue weighted by Gasteiger charge is 2.15. The zero-order valence-corrected chi connectivity index (χ0v) is 18.5. The van der Waals surface area contributed by atoms with Crippen molar-refractivity contribution in [3.05, 3.63) is 127 Å². The van der Waals surface area contributed by atoms with E-state index in [4.69, 9.17) is 0 Å². The average Bonchev–Trinajstić information content (AvgIpc) is 3.24. The van der Waals surface area contributed by atoms with Crippen molar-refractivity contribution in [1.29, 1.82) is 0 Å². The summed E-state index contributed by atoms with van der Waals surface area (Å²) in [7, 11) is 2.11. The second kappa shape index (κ2) is 7.99. The molecule has 5 aromatic carbocycles. The number of hydrogen-bond donors (Lipinski definition) is 0. The van der Waals surface area contributed by atoms with Gasteiger partial charge in [0.1, 0.15) is 0 Å². The Morgan fingerprint density at radius 3 is 1.88 bits per heavy atom. The van der Waals surface area contributed by atoms with E-state index in [-0.39, 0.29) is 0 Å². The summed E-state index contributed by atoms with van der Waals surface area (Å²) < 4.78 is 2.37. The molecule has 0 radical (unpaired) electrons. The van der Waals surface area contributed by atoms with Crippen LogP contribution < -0.4 is 4.90 Å². The van der Waals surface area contributed by atoms with Crippen molar-refractivity contribution in [3.63, 3.8) is 0 Å². The van der Waals surface area contributed by atoms with Crippen LogP contribution in [0.2, 0.25) is 0 Å². The Bertz CT molecular complexity index is 1550. The van der Waals surface area contributed by atoms with Crippen LogP contribution in [0.1, 0.15) is 0 Å². The fourth-order valence-electron chi connectivity index (χ4n) is 4.78. The summed E-state index contributed by atoms with van der Waals surface area (Å²) in [5, 5.41) is 2.57. The number of hydrogen-bond acceptors (Lipinski definition) is 1. The molecule has 158 valence electrons. The molecule has 0 spiro atoms. The number of para-hydroxylation sites is 3. The molecule has 6 rings (SSSR count). The lowest BCUT2D eigenvalue weighted by Gasteiger charge is -2.19. The second-order valence-corrected chi connectivity index (χ2v) is 8.33. The van der Waals surface area contributed by atoms with E-state index in [1.54, 1.807) is 0 Å². The van der Waals surface area contributed by atoms with Crippen LogP contribution in [0, 0.1) is 0 Å². The summed E-state index contributed by atoms with van der Waals surface area (Å²) in [4.78, 5) is 2.21. The summed E-state index contributed by atoms with van der Waals surface area (Å²) in [5.74, 6) is 0. The monoisotopic (exact) mass is 424 g/mol. The molecule has 33 heavy (non-hydrogen) atoms. The Kier molecular flexibility index (Phi) is 4.70. The van der Waals surface area contributed by atoms with E-state index in [0.717, 1.165) is 0 Å². The Balaban J connectivity index is 1.52. The van der Waals surface area contributed by atoms with Gasteiger partial charge < -0.3 is 9.47 Å². The third-order valence-electron chi connectivity index (χ3n) is 6.42. The summed E-state index contributed by atoms with van der Waals surface area (Å²) in [6.07, 6.45) is 0. The average molecular weight is 425 g/mol. The largest absolute Gasteiger partial charge is 0.345 e. The zero-order chi connectivity index (χ0) is 22.2. The highest BCUT2D eigenvalue weighted by atomic mass is 15.1. The van der Waals surface area contributed by atoms with Crippen LogP contribution in [0.3, 0.4) is 0 Å². The topological polar surface area (TPSA) is 8.17 Å². The van der Waals surface area contributed by atoms with Crippen LogP contribution in [-0.2, 0) is 0 Å². The van der Waals surface area contributed by atoms with Gasteiger partial charge in [-0.15, -0.1) is 0 Å². The minimum Gasteiger partial charge on any atom is -0.345 e. The summed E-state index contributed by atoms with van der Waals surface area (Å²) in [5.41, 5.74) is 8.47. The van der Waals surface area contributed by atoms with Crippen molar-refractivity contribution in [3.8, 4) is 16.8 Å².